The molecule has 0 aliphatic carbocycles. The summed E-state index contributed by atoms with van der Waals surface area (Å²) in [5.41, 5.74) is 11.2. The van der Waals surface area contributed by atoms with Gasteiger partial charge in [-0.15, -0.1) is 11.3 Å². The fourth-order valence-corrected chi connectivity index (χ4v) is 5.65. The third-order valence-electron chi connectivity index (χ3n) is 5.37. The van der Waals surface area contributed by atoms with E-state index >= 15 is 0 Å². The SMILES string of the molecule is Cc1ncccc1C(N)C(=O)N1Cc2cn(S(=O)(=O)c3ccc4ncsc4c3)nc2C1. The van der Waals surface area contributed by atoms with Crippen LogP contribution >= 0.6 is 11.3 Å². The molecule has 0 bridgehead atoms. The molecule has 1 atom stereocenters. The highest BCUT2D eigenvalue weighted by Gasteiger charge is 2.32. The third-order valence-corrected chi connectivity index (χ3v) is 7.69. The number of fused-ring (bicyclic) bond motifs is 2. The molecule has 5 rings (SSSR count). The van der Waals surface area contributed by atoms with Gasteiger partial charge in [0.25, 0.3) is 10.0 Å². The van der Waals surface area contributed by atoms with Gasteiger partial charge in [0.05, 0.1) is 32.9 Å². The maximum atomic E-state index is 13.0. The third kappa shape index (κ3) is 3.30. The maximum absolute atomic E-state index is 13.0. The number of nitrogens with two attached hydrogens (primary N) is 1. The fraction of sp³-hybridized carbons (Fsp3) is 0.200. The number of rotatable bonds is 4. The largest absolute Gasteiger partial charge is 0.331 e. The molecular formula is C20H18N6O3S2. The van der Waals surface area contributed by atoms with E-state index in [1.54, 1.807) is 47.8 Å². The summed E-state index contributed by atoms with van der Waals surface area (Å²) in [6.45, 7) is 2.27. The fourth-order valence-electron chi connectivity index (χ4n) is 3.67. The normalized spacial score (nSPS) is 14.7. The van der Waals surface area contributed by atoms with Gasteiger partial charge in [-0.2, -0.15) is 17.6 Å². The first kappa shape index (κ1) is 19.8. The van der Waals surface area contributed by atoms with Crippen molar-refractivity contribution >= 4 is 37.5 Å². The average Bonchev–Trinajstić information content (AvgIpc) is 3.47. The Morgan fingerprint density at radius 1 is 1.23 bits per heavy atom. The Morgan fingerprint density at radius 3 is 2.84 bits per heavy atom. The Bertz CT molecular complexity index is 1400. The first-order valence-electron chi connectivity index (χ1n) is 9.47. The van der Waals surface area contributed by atoms with Gasteiger partial charge in [0.2, 0.25) is 5.91 Å². The lowest BCUT2D eigenvalue weighted by Crippen LogP contribution is -2.35. The van der Waals surface area contributed by atoms with E-state index in [0.29, 0.717) is 22.5 Å². The monoisotopic (exact) mass is 454 g/mol. The minimum atomic E-state index is -3.84. The Morgan fingerprint density at radius 2 is 2.06 bits per heavy atom. The van der Waals surface area contributed by atoms with Crippen LogP contribution in [0.2, 0.25) is 0 Å². The zero-order chi connectivity index (χ0) is 21.8. The standard InChI is InChI=1S/C20H18N6O3S2/c1-12-15(3-2-6-22-12)19(21)20(27)25-8-13-9-26(24-17(13)10-25)31(28,29)14-4-5-16-18(7-14)30-11-23-16/h2-7,9,11,19H,8,10,21H2,1H3. The zero-order valence-corrected chi connectivity index (χ0v) is 18.1. The Kier molecular flexibility index (Phi) is 4.61. The summed E-state index contributed by atoms with van der Waals surface area (Å²) in [5.74, 6) is -0.251. The minimum Gasteiger partial charge on any atom is -0.331 e. The van der Waals surface area contributed by atoms with Crippen molar-refractivity contribution in [3.8, 4) is 0 Å². The van der Waals surface area contributed by atoms with Crippen molar-refractivity contribution in [2.75, 3.05) is 0 Å². The number of nitrogens with zero attached hydrogens (tertiary/aromatic N) is 5. The van der Waals surface area contributed by atoms with Gasteiger partial charge in [0.1, 0.15) is 6.04 Å². The quantitative estimate of drug-likeness (QED) is 0.500. The molecular weight excluding hydrogens is 436 g/mol. The first-order valence-corrected chi connectivity index (χ1v) is 11.8. The van der Waals surface area contributed by atoms with Gasteiger partial charge in [-0.3, -0.25) is 9.78 Å². The number of amides is 1. The summed E-state index contributed by atoms with van der Waals surface area (Å²) in [6.07, 6.45) is 3.12. The van der Waals surface area contributed by atoms with Crippen LogP contribution in [0.5, 0.6) is 0 Å². The van der Waals surface area contributed by atoms with Crippen molar-refractivity contribution in [1.82, 2.24) is 24.1 Å². The van der Waals surface area contributed by atoms with Crippen LogP contribution in [-0.2, 0) is 27.9 Å². The molecule has 3 aromatic heterocycles. The molecule has 4 aromatic rings. The molecule has 0 fully saturated rings. The Hall–Kier alpha value is -3.15. The Balaban J connectivity index is 1.37. The first-order chi connectivity index (χ1) is 14.8. The molecule has 0 saturated carbocycles. The highest BCUT2D eigenvalue weighted by atomic mass is 32.2. The summed E-state index contributed by atoms with van der Waals surface area (Å²) in [6, 6.07) is 7.49. The molecule has 9 nitrogen and oxygen atoms in total. The van der Waals surface area contributed by atoms with Crippen LogP contribution in [0.3, 0.4) is 0 Å². The number of hydrogen-bond donors (Lipinski definition) is 1. The van der Waals surface area contributed by atoms with Crippen LogP contribution in [-0.4, -0.2) is 38.4 Å². The van der Waals surface area contributed by atoms with Gasteiger partial charge in [-0.25, -0.2) is 4.98 Å². The van der Waals surface area contributed by atoms with E-state index in [1.165, 1.54) is 23.6 Å². The van der Waals surface area contributed by atoms with Gasteiger partial charge >= 0.3 is 0 Å². The number of aryl methyl sites for hydroxylation is 1. The molecule has 1 unspecified atom stereocenters. The molecule has 4 heterocycles. The predicted octanol–water partition coefficient (Wildman–Crippen LogP) is 1.98. The molecule has 1 aliphatic rings. The lowest BCUT2D eigenvalue weighted by atomic mass is 10.1. The van der Waals surface area contributed by atoms with Crippen molar-refractivity contribution < 1.29 is 13.2 Å². The molecule has 2 N–H and O–H groups in total. The van der Waals surface area contributed by atoms with E-state index in [9.17, 15) is 13.2 Å². The molecule has 158 valence electrons. The minimum absolute atomic E-state index is 0.146. The predicted molar refractivity (Wildman–Crippen MR) is 115 cm³/mol. The van der Waals surface area contributed by atoms with Gasteiger partial charge in [0, 0.05) is 30.2 Å². The average molecular weight is 455 g/mol. The lowest BCUT2D eigenvalue weighted by molar-refractivity contribution is -0.133. The molecule has 31 heavy (non-hydrogen) atoms. The number of thiazole rings is 1. The van der Waals surface area contributed by atoms with E-state index in [-0.39, 0.29) is 23.9 Å². The summed E-state index contributed by atoms with van der Waals surface area (Å²) in [4.78, 5) is 23.0. The molecule has 1 aromatic carbocycles. The van der Waals surface area contributed by atoms with Crippen molar-refractivity contribution in [2.45, 2.75) is 31.0 Å². The number of pyridine rings is 1. The van der Waals surface area contributed by atoms with E-state index in [4.69, 9.17) is 5.73 Å². The smallest absolute Gasteiger partial charge is 0.283 e. The van der Waals surface area contributed by atoms with Crippen LogP contribution in [0.25, 0.3) is 10.2 Å². The molecule has 1 amide bonds. The lowest BCUT2D eigenvalue weighted by Gasteiger charge is -2.21. The summed E-state index contributed by atoms with van der Waals surface area (Å²) in [7, 11) is -3.84. The number of hydrogen-bond acceptors (Lipinski definition) is 8. The van der Waals surface area contributed by atoms with Crippen LogP contribution in [0.4, 0.5) is 0 Å². The highest BCUT2D eigenvalue weighted by Crippen LogP contribution is 2.28. The van der Waals surface area contributed by atoms with Crippen molar-refractivity contribution in [1.29, 1.82) is 0 Å². The zero-order valence-electron chi connectivity index (χ0n) is 16.5. The van der Waals surface area contributed by atoms with Crippen LogP contribution in [0, 0.1) is 6.92 Å². The van der Waals surface area contributed by atoms with Crippen LogP contribution < -0.4 is 5.73 Å². The van der Waals surface area contributed by atoms with Gasteiger partial charge < -0.3 is 10.6 Å². The van der Waals surface area contributed by atoms with Crippen molar-refractivity contribution in [2.24, 2.45) is 5.73 Å². The van der Waals surface area contributed by atoms with Gasteiger partial charge in [-0.05, 0) is 36.8 Å². The second-order valence-electron chi connectivity index (χ2n) is 7.31. The number of aromatic nitrogens is 4. The highest BCUT2D eigenvalue weighted by molar-refractivity contribution is 7.89. The van der Waals surface area contributed by atoms with Crippen LogP contribution in [0.15, 0.2) is 53.1 Å². The maximum Gasteiger partial charge on any atom is 0.283 e. The topological polar surface area (TPSA) is 124 Å². The van der Waals surface area contributed by atoms with E-state index < -0.39 is 16.1 Å². The van der Waals surface area contributed by atoms with Gasteiger partial charge in [0.15, 0.2) is 0 Å². The Labute approximate surface area is 182 Å². The number of benzene rings is 1. The second-order valence-corrected chi connectivity index (χ2v) is 9.99. The molecule has 1 aliphatic heterocycles. The van der Waals surface area contributed by atoms with E-state index in [2.05, 4.69) is 15.1 Å². The van der Waals surface area contributed by atoms with E-state index in [1.807, 2.05) is 0 Å². The summed E-state index contributed by atoms with van der Waals surface area (Å²) in [5, 5.41) is 4.26. The van der Waals surface area contributed by atoms with Gasteiger partial charge in [-0.1, -0.05) is 6.07 Å². The van der Waals surface area contributed by atoms with E-state index in [0.717, 1.165) is 14.3 Å². The molecule has 0 spiro atoms. The molecule has 0 saturated heterocycles. The van der Waals surface area contributed by atoms with Crippen molar-refractivity contribution in [3.05, 3.63) is 70.8 Å². The summed E-state index contributed by atoms with van der Waals surface area (Å²) < 4.78 is 27.8. The second kappa shape index (κ2) is 7.22. The number of carbonyl (C=O) groups excluding carboxylic acids is 1. The van der Waals surface area contributed by atoms with Crippen LogP contribution in [0.1, 0.15) is 28.6 Å². The number of carbonyl (C=O) groups is 1. The molecule has 0 radical (unpaired) electrons. The molecule has 11 heteroatoms. The summed E-state index contributed by atoms with van der Waals surface area (Å²) >= 11 is 1.38. The van der Waals surface area contributed by atoms with Crippen molar-refractivity contribution in [3.63, 3.8) is 0 Å².